The van der Waals surface area contributed by atoms with Gasteiger partial charge in [-0.3, -0.25) is 0 Å². The minimum absolute atomic E-state index is 0.151. The second-order valence-corrected chi connectivity index (χ2v) is 4.61. The lowest BCUT2D eigenvalue weighted by Crippen LogP contribution is -2.26. The van der Waals surface area contributed by atoms with Gasteiger partial charge >= 0.3 is 5.97 Å². The van der Waals surface area contributed by atoms with Crippen molar-refractivity contribution < 1.29 is 14.6 Å². The smallest absolute Gasteiger partial charge is 0.338 e. The van der Waals surface area contributed by atoms with Crippen LogP contribution in [0.3, 0.4) is 0 Å². The van der Waals surface area contributed by atoms with E-state index in [9.17, 15) is 9.90 Å². The molecule has 18 heavy (non-hydrogen) atoms. The Balaban J connectivity index is 1.88. The number of ether oxygens (including phenoxy) is 1. The molecule has 1 aromatic carbocycles. The van der Waals surface area contributed by atoms with Crippen LogP contribution in [0.5, 0.6) is 0 Å². The Morgan fingerprint density at radius 2 is 1.83 bits per heavy atom. The number of allylic oxidation sites excluding steroid dienone is 2. The number of hydrogen-bond donors (Lipinski definition) is 1. The number of rotatable bonds is 4. The zero-order chi connectivity index (χ0) is 12.8. The largest absolute Gasteiger partial charge is 0.462 e. The van der Waals surface area contributed by atoms with Crippen molar-refractivity contribution in [3.05, 3.63) is 48.0 Å². The highest BCUT2D eigenvalue weighted by molar-refractivity contribution is 5.89. The van der Waals surface area contributed by atoms with Crippen LogP contribution < -0.4 is 0 Å². The molecule has 1 N–H and O–H groups in total. The van der Waals surface area contributed by atoms with Gasteiger partial charge in [-0.25, -0.2) is 4.79 Å². The van der Waals surface area contributed by atoms with Gasteiger partial charge in [0.25, 0.3) is 0 Å². The second-order valence-electron chi connectivity index (χ2n) is 4.61. The Bertz CT molecular complexity index is 411. The molecule has 0 aliphatic heterocycles. The Kier molecular flexibility index (Phi) is 4.53. The van der Waals surface area contributed by atoms with Gasteiger partial charge in [0.1, 0.15) is 0 Å². The van der Waals surface area contributed by atoms with Gasteiger partial charge in [-0.15, -0.1) is 0 Å². The molecule has 0 saturated heterocycles. The molecule has 0 fully saturated rings. The van der Waals surface area contributed by atoms with Crippen LogP contribution in [0.1, 0.15) is 23.2 Å². The summed E-state index contributed by atoms with van der Waals surface area (Å²) in [5.74, 6) is 0.146. The number of esters is 1. The lowest BCUT2D eigenvalue weighted by atomic mass is 9.84. The predicted octanol–water partition coefficient (Wildman–Crippen LogP) is 2.42. The number of hydrogen-bond acceptors (Lipinski definition) is 3. The van der Waals surface area contributed by atoms with Gasteiger partial charge in [0.2, 0.25) is 0 Å². The van der Waals surface area contributed by atoms with Crippen LogP contribution in [0.25, 0.3) is 0 Å². The first kappa shape index (κ1) is 12.8. The second kappa shape index (κ2) is 6.36. The van der Waals surface area contributed by atoms with E-state index in [0.29, 0.717) is 12.2 Å². The monoisotopic (exact) mass is 246 g/mol. The Labute approximate surface area is 107 Å². The van der Waals surface area contributed by atoms with E-state index >= 15 is 0 Å². The molecule has 3 heteroatoms. The summed E-state index contributed by atoms with van der Waals surface area (Å²) >= 11 is 0. The van der Waals surface area contributed by atoms with Gasteiger partial charge in [-0.05, 0) is 30.9 Å². The highest BCUT2D eigenvalue weighted by Crippen LogP contribution is 2.25. The number of aliphatic hydroxyl groups is 1. The molecule has 0 bridgehead atoms. The molecular weight excluding hydrogens is 228 g/mol. The van der Waals surface area contributed by atoms with Crippen molar-refractivity contribution in [2.45, 2.75) is 12.8 Å². The summed E-state index contributed by atoms with van der Waals surface area (Å²) in [5, 5.41) is 9.27. The lowest BCUT2D eigenvalue weighted by Gasteiger charge is -2.26. The number of benzene rings is 1. The van der Waals surface area contributed by atoms with Crippen molar-refractivity contribution in [2.75, 3.05) is 13.2 Å². The third kappa shape index (κ3) is 3.20. The minimum atomic E-state index is -0.290. The first-order chi connectivity index (χ1) is 8.81. The minimum Gasteiger partial charge on any atom is -0.462 e. The maximum atomic E-state index is 11.8. The average Bonchev–Trinajstić information content (AvgIpc) is 2.46. The van der Waals surface area contributed by atoms with Gasteiger partial charge < -0.3 is 9.84 Å². The van der Waals surface area contributed by atoms with Crippen molar-refractivity contribution >= 4 is 5.97 Å². The molecule has 0 spiro atoms. The molecule has 96 valence electrons. The van der Waals surface area contributed by atoms with Gasteiger partial charge in [0.15, 0.2) is 0 Å². The zero-order valence-corrected chi connectivity index (χ0v) is 10.3. The third-order valence-corrected chi connectivity index (χ3v) is 3.38. The van der Waals surface area contributed by atoms with Crippen LogP contribution in [0.4, 0.5) is 0 Å². The predicted molar refractivity (Wildman–Crippen MR) is 69.2 cm³/mol. The molecule has 1 aliphatic carbocycles. The number of carbonyl (C=O) groups is 1. The SMILES string of the molecule is O=C(OC[C@H]1CC=CC[C@H]1CO)c1ccccc1. The van der Waals surface area contributed by atoms with E-state index in [1.807, 2.05) is 18.2 Å². The molecule has 0 saturated carbocycles. The van der Waals surface area contributed by atoms with Gasteiger partial charge in [0.05, 0.1) is 12.2 Å². The van der Waals surface area contributed by atoms with Crippen molar-refractivity contribution in [1.82, 2.24) is 0 Å². The van der Waals surface area contributed by atoms with Crippen molar-refractivity contribution in [2.24, 2.45) is 11.8 Å². The van der Waals surface area contributed by atoms with E-state index < -0.39 is 0 Å². The van der Waals surface area contributed by atoms with Crippen LogP contribution in [-0.2, 0) is 4.74 Å². The zero-order valence-electron chi connectivity index (χ0n) is 10.3. The number of carbonyl (C=O) groups excluding carboxylic acids is 1. The first-order valence-corrected chi connectivity index (χ1v) is 6.29. The fourth-order valence-corrected chi connectivity index (χ4v) is 2.19. The van der Waals surface area contributed by atoms with Gasteiger partial charge in [0, 0.05) is 12.5 Å². The molecular formula is C15H18O3. The molecule has 1 aromatic rings. The topological polar surface area (TPSA) is 46.5 Å². The van der Waals surface area contributed by atoms with Crippen molar-refractivity contribution in [1.29, 1.82) is 0 Å². The average molecular weight is 246 g/mol. The maximum Gasteiger partial charge on any atom is 0.338 e. The molecule has 2 atom stereocenters. The molecule has 0 aromatic heterocycles. The fourth-order valence-electron chi connectivity index (χ4n) is 2.19. The van der Waals surface area contributed by atoms with Crippen LogP contribution >= 0.6 is 0 Å². The van der Waals surface area contributed by atoms with E-state index in [1.54, 1.807) is 12.1 Å². The van der Waals surface area contributed by atoms with E-state index in [2.05, 4.69) is 12.2 Å². The van der Waals surface area contributed by atoms with E-state index in [1.165, 1.54) is 0 Å². The summed E-state index contributed by atoms with van der Waals surface area (Å²) in [7, 11) is 0. The van der Waals surface area contributed by atoms with Crippen molar-refractivity contribution in [3.8, 4) is 0 Å². The summed E-state index contributed by atoms with van der Waals surface area (Å²) in [6.07, 6.45) is 5.90. The van der Waals surface area contributed by atoms with Gasteiger partial charge in [-0.1, -0.05) is 30.4 Å². The Morgan fingerprint density at radius 1 is 1.17 bits per heavy atom. The van der Waals surface area contributed by atoms with Crippen LogP contribution in [0.2, 0.25) is 0 Å². The fraction of sp³-hybridized carbons (Fsp3) is 0.400. The van der Waals surface area contributed by atoms with Crippen LogP contribution in [-0.4, -0.2) is 24.3 Å². The highest BCUT2D eigenvalue weighted by atomic mass is 16.5. The molecule has 1 aliphatic rings. The normalized spacial score (nSPS) is 22.7. The van der Waals surface area contributed by atoms with E-state index in [-0.39, 0.29) is 24.4 Å². The molecule has 0 amide bonds. The summed E-state index contributed by atoms with van der Waals surface area (Å²) < 4.78 is 5.32. The molecule has 0 radical (unpaired) electrons. The summed E-state index contributed by atoms with van der Waals surface area (Å²) in [6.45, 7) is 0.529. The first-order valence-electron chi connectivity index (χ1n) is 6.29. The van der Waals surface area contributed by atoms with Crippen LogP contribution in [0.15, 0.2) is 42.5 Å². The Morgan fingerprint density at radius 3 is 2.50 bits per heavy atom. The van der Waals surface area contributed by atoms with Gasteiger partial charge in [-0.2, -0.15) is 0 Å². The quantitative estimate of drug-likeness (QED) is 0.655. The number of aliphatic hydroxyl groups excluding tert-OH is 1. The molecule has 2 rings (SSSR count). The maximum absolute atomic E-state index is 11.8. The highest BCUT2D eigenvalue weighted by Gasteiger charge is 2.23. The van der Waals surface area contributed by atoms with E-state index in [0.717, 1.165) is 12.8 Å². The standard InChI is InChI=1S/C15H18O3/c16-10-13-8-4-5-9-14(13)11-18-15(17)12-6-2-1-3-7-12/h1-7,13-14,16H,8-11H2/t13-,14+/m0/s1. The molecule has 0 unspecified atom stereocenters. The van der Waals surface area contributed by atoms with Crippen molar-refractivity contribution in [3.63, 3.8) is 0 Å². The summed E-state index contributed by atoms with van der Waals surface area (Å²) in [4.78, 5) is 11.8. The van der Waals surface area contributed by atoms with E-state index in [4.69, 9.17) is 4.74 Å². The Hall–Kier alpha value is -1.61. The molecule has 3 nitrogen and oxygen atoms in total. The summed E-state index contributed by atoms with van der Waals surface area (Å²) in [5.41, 5.74) is 0.574. The lowest BCUT2D eigenvalue weighted by molar-refractivity contribution is 0.0341. The molecule has 0 heterocycles. The third-order valence-electron chi connectivity index (χ3n) is 3.38. The summed E-state index contributed by atoms with van der Waals surface area (Å²) in [6, 6.07) is 8.98. The van der Waals surface area contributed by atoms with Crippen LogP contribution in [0, 0.1) is 11.8 Å².